The third-order valence-electron chi connectivity index (χ3n) is 1.33. The van der Waals surface area contributed by atoms with Gasteiger partial charge in [0.05, 0.1) is 13.7 Å². The molecule has 0 aromatic carbocycles. The van der Waals surface area contributed by atoms with Gasteiger partial charge in [-0.25, -0.2) is 4.79 Å². The van der Waals surface area contributed by atoms with Gasteiger partial charge in [0, 0.05) is 6.42 Å². The summed E-state index contributed by atoms with van der Waals surface area (Å²) in [7, 11) is 1.35. The Morgan fingerprint density at radius 1 is 1.73 bits per heavy atom. The minimum atomic E-state index is -0.335. The molecule has 0 spiro atoms. The van der Waals surface area contributed by atoms with Crippen LogP contribution in [-0.4, -0.2) is 25.3 Å². The highest BCUT2D eigenvalue weighted by atomic mass is 35.5. The summed E-state index contributed by atoms with van der Waals surface area (Å²) in [6, 6.07) is 0. The predicted molar refractivity (Wildman–Crippen MR) is 45.3 cm³/mol. The zero-order valence-corrected chi connectivity index (χ0v) is 7.11. The minimum Gasteiger partial charge on any atom is -0.465 e. The SMILES string of the molecule is C=C1CN=C(C(=O)OC)C1.Cl. The Morgan fingerprint density at radius 2 is 2.36 bits per heavy atom. The second kappa shape index (κ2) is 4.13. The molecule has 3 nitrogen and oxygen atoms in total. The van der Waals surface area contributed by atoms with Crippen LogP contribution in [-0.2, 0) is 9.53 Å². The van der Waals surface area contributed by atoms with E-state index in [0.29, 0.717) is 18.7 Å². The van der Waals surface area contributed by atoms with Gasteiger partial charge >= 0.3 is 5.97 Å². The lowest BCUT2D eigenvalue weighted by atomic mass is 10.2. The van der Waals surface area contributed by atoms with E-state index in [0.717, 1.165) is 5.57 Å². The maximum Gasteiger partial charge on any atom is 0.352 e. The molecule has 0 fully saturated rings. The van der Waals surface area contributed by atoms with Crippen molar-refractivity contribution in [2.24, 2.45) is 4.99 Å². The van der Waals surface area contributed by atoms with Crippen LogP contribution in [0.5, 0.6) is 0 Å². The number of esters is 1. The Labute approximate surface area is 71.6 Å². The Bertz CT molecular complexity index is 210. The van der Waals surface area contributed by atoms with E-state index in [1.165, 1.54) is 7.11 Å². The molecule has 0 N–H and O–H groups in total. The van der Waals surface area contributed by atoms with Gasteiger partial charge in [-0.05, 0) is 5.57 Å². The Morgan fingerprint density at radius 3 is 2.73 bits per heavy atom. The second-order valence-corrected chi connectivity index (χ2v) is 2.18. The molecule has 0 aromatic heterocycles. The molecule has 1 rings (SSSR count). The molecule has 0 bridgehead atoms. The molecule has 1 heterocycles. The van der Waals surface area contributed by atoms with Crippen molar-refractivity contribution in [1.82, 2.24) is 0 Å². The van der Waals surface area contributed by atoms with Crippen LogP contribution in [0.15, 0.2) is 17.1 Å². The number of hydrogen-bond donors (Lipinski definition) is 0. The molecule has 0 saturated heterocycles. The summed E-state index contributed by atoms with van der Waals surface area (Å²) in [6.45, 7) is 4.27. The van der Waals surface area contributed by atoms with Crippen molar-refractivity contribution in [3.8, 4) is 0 Å². The number of halogens is 1. The van der Waals surface area contributed by atoms with Gasteiger partial charge in [0.2, 0.25) is 0 Å². The van der Waals surface area contributed by atoms with E-state index in [4.69, 9.17) is 0 Å². The first kappa shape index (κ1) is 10.2. The fraction of sp³-hybridized carbons (Fsp3) is 0.429. The van der Waals surface area contributed by atoms with Crippen LogP contribution in [0.2, 0.25) is 0 Å². The van der Waals surface area contributed by atoms with Crippen molar-refractivity contribution in [2.75, 3.05) is 13.7 Å². The van der Waals surface area contributed by atoms with E-state index in [2.05, 4.69) is 16.3 Å². The molecule has 0 amide bonds. The van der Waals surface area contributed by atoms with Gasteiger partial charge in [0.25, 0.3) is 0 Å². The molecule has 0 aromatic rings. The number of hydrogen-bond acceptors (Lipinski definition) is 3. The van der Waals surface area contributed by atoms with Crippen LogP contribution in [0.1, 0.15) is 6.42 Å². The molecule has 0 unspecified atom stereocenters. The van der Waals surface area contributed by atoms with E-state index in [1.54, 1.807) is 0 Å². The quantitative estimate of drug-likeness (QED) is 0.440. The highest BCUT2D eigenvalue weighted by Crippen LogP contribution is 2.09. The predicted octanol–water partition coefficient (Wildman–Crippen LogP) is 0.982. The maximum absolute atomic E-state index is 10.8. The van der Waals surface area contributed by atoms with E-state index >= 15 is 0 Å². The van der Waals surface area contributed by atoms with E-state index in [1.807, 2.05) is 0 Å². The minimum absolute atomic E-state index is 0. The number of aliphatic imine (C=N–C) groups is 1. The van der Waals surface area contributed by atoms with Crippen molar-refractivity contribution in [3.05, 3.63) is 12.2 Å². The van der Waals surface area contributed by atoms with E-state index in [9.17, 15) is 4.79 Å². The van der Waals surface area contributed by atoms with Crippen LogP contribution in [0.25, 0.3) is 0 Å². The van der Waals surface area contributed by atoms with Gasteiger partial charge in [-0.1, -0.05) is 6.58 Å². The Hall–Kier alpha value is -0.830. The smallest absolute Gasteiger partial charge is 0.352 e. The number of methoxy groups -OCH3 is 1. The summed E-state index contributed by atoms with van der Waals surface area (Å²) in [5, 5.41) is 0. The van der Waals surface area contributed by atoms with Crippen LogP contribution in [0.3, 0.4) is 0 Å². The monoisotopic (exact) mass is 175 g/mol. The average molecular weight is 176 g/mol. The molecule has 1 aliphatic heterocycles. The topological polar surface area (TPSA) is 38.7 Å². The third-order valence-corrected chi connectivity index (χ3v) is 1.33. The first-order valence-electron chi connectivity index (χ1n) is 3.02. The lowest BCUT2D eigenvalue weighted by Crippen LogP contribution is -2.12. The molecule has 1 aliphatic rings. The zero-order valence-electron chi connectivity index (χ0n) is 6.29. The summed E-state index contributed by atoms with van der Waals surface area (Å²) in [5.41, 5.74) is 1.47. The van der Waals surface area contributed by atoms with Crippen LogP contribution in [0, 0.1) is 0 Å². The van der Waals surface area contributed by atoms with Gasteiger partial charge in [-0.3, -0.25) is 4.99 Å². The highest BCUT2D eigenvalue weighted by molar-refractivity contribution is 6.37. The molecule has 0 atom stereocenters. The molecule has 62 valence electrons. The summed E-state index contributed by atoms with van der Waals surface area (Å²) in [5.74, 6) is -0.335. The van der Waals surface area contributed by atoms with Crippen LogP contribution < -0.4 is 0 Å². The molecule has 0 aliphatic carbocycles. The molecule has 11 heavy (non-hydrogen) atoms. The number of nitrogens with zero attached hydrogens (tertiary/aromatic N) is 1. The van der Waals surface area contributed by atoms with Crippen LogP contribution >= 0.6 is 12.4 Å². The van der Waals surface area contributed by atoms with Crippen molar-refractivity contribution >= 4 is 24.1 Å². The van der Waals surface area contributed by atoms with Gasteiger partial charge in [0.1, 0.15) is 5.71 Å². The summed E-state index contributed by atoms with van der Waals surface area (Å²) in [6.07, 6.45) is 0.576. The fourth-order valence-electron chi connectivity index (χ4n) is 0.810. The second-order valence-electron chi connectivity index (χ2n) is 2.18. The Kier molecular flexibility index (Phi) is 3.82. The molecular formula is C7H10ClNO2. The lowest BCUT2D eigenvalue weighted by Gasteiger charge is -1.94. The first-order chi connectivity index (χ1) is 4.74. The number of ether oxygens (including phenoxy) is 1. The van der Waals surface area contributed by atoms with Crippen LogP contribution in [0.4, 0.5) is 0 Å². The zero-order chi connectivity index (χ0) is 7.56. The number of rotatable bonds is 1. The third kappa shape index (κ3) is 2.35. The normalized spacial score (nSPS) is 15.4. The largest absolute Gasteiger partial charge is 0.465 e. The lowest BCUT2D eigenvalue weighted by molar-refractivity contribution is -0.132. The van der Waals surface area contributed by atoms with E-state index in [-0.39, 0.29) is 18.4 Å². The Balaban J connectivity index is 0.000001000. The summed E-state index contributed by atoms with van der Waals surface area (Å²) < 4.78 is 4.47. The van der Waals surface area contributed by atoms with Gasteiger partial charge in [-0.15, -0.1) is 12.4 Å². The molecular weight excluding hydrogens is 166 g/mol. The fourth-order valence-corrected chi connectivity index (χ4v) is 0.810. The maximum atomic E-state index is 10.8. The average Bonchev–Trinajstić information content (AvgIpc) is 2.34. The molecule has 0 radical (unpaired) electrons. The first-order valence-corrected chi connectivity index (χ1v) is 3.02. The van der Waals surface area contributed by atoms with Crippen molar-refractivity contribution in [3.63, 3.8) is 0 Å². The highest BCUT2D eigenvalue weighted by Gasteiger charge is 2.17. The van der Waals surface area contributed by atoms with Gasteiger partial charge in [0.15, 0.2) is 0 Å². The summed E-state index contributed by atoms with van der Waals surface area (Å²) in [4.78, 5) is 14.7. The van der Waals surface area contributed by atoms with Crippen molar-refractivity contribution < 1.29 is 9.53 Å². The number of carbonyl (C=O) groups is 1. The van der Waals surface area contributed by atoms with E-state index < -0.39 is 0 Å². The van der Waals surface area contributed by atoms with Gasteiger partial charge < -0.3 is 4.74 Å². The summed E-state index contributed by atoms with van der Waals surface area (Å²) >= 11 is 0. The molecule has 0 saturated carbocycles. The van der Waals surface area contributed by atoms with Gasteiger partial charge in [-0.2, -0.15) is 0 Å². The number of carbonyl (C=O) groups excluding carboxylic acids is 1. The molecule has 4 heteroatoms. The standard InChI is InChI=1S/C7H9NO2.ClH/c1-5-3-6(8-4-5)7(9)10-2;/h1,3-4H2,2H3;1H. The van der Waals surface area contributed by atoms with Crippen molar-refractivity contribution in [2.45, 2.75) is 6.42 Å². The van der Waals surface area contributed by atoms with Crippen molar-refractivity contribution in [1.29, 1.82) is 0 Å².